The van der Waals surface area contributed by atoms with Gasteiger partial charge in [0.15, 0.2) is 0 Å². The molecule has 1 saturated heterocycles. The third-order valence-electron chi connectivity index (χ3n) is 4.08. The van der Waals surface area contributed by atoms with Crippen LogP contribution in [0.1, 0.15) is 44.7 Å². The number of nitrogens with zero attached hydrogens (tertiary/aromatic N) is 1. The van der Waals surface area contributed by atoms with E-state index in [4.69, 9.17) is 4.74 Å². The summed E-state index contributed by atoms with van der Waals surface area (Å²) in [6, 6.07) is 0.915. The summed E-state index contributed by atoms with van der Waals surface area (Å²) in [5.74, 6) is -0.486. The molecule has 1 aromatic carbocycles. The van der Waals surface area contributed by atoms with Gasteiger partial charge in [-0.05, 0) is 39.0 Å². The van der Waals surface area contributed by atoms with E-state index in [-0.39, 0.29) is 25.2 Å². The minimum atomic E-state index is -4.92. The van der Waals surface area contributed by atoms with Gasteiger partial charge in [-0.3, -0.25) is 0 Å². The molecule has 0 unspecified atom stereocenters. The number of amides is 2. The number of alkyl halides is 6. The Morgan fingerprint density at radius 2 is 1.43 bits per heavy atom. The van der Waals surface area contributed by atoms with Crippen molar-refractivity contribution in [3.8, 4) is 5.75 Å². The fraction of sp³-hybridized carbons (Fsp3) is 0.611. The van der Waals surface area contributed by atoms with Crippen LogP contribution < -0.4 is 10.1 Å². The number of urea groups is 1. The first-order valence-corrected chi connectivity index (χ1v) is 8.68. The number of benzene rings is 1. The van der Waals surface area contributed by atoms with E-state index in [9.17, 15) is 31.1 Å². The van der Waals surface area contributed by atoms with E-state index in [1.807, 2.05) is 20.8 Å². The molecule has 10 heteroatoms. The number of halogens is 6. The van der Waals surface area contributed by atoms with Crippen LogP contribution in [0.25, 0.3) is 0 Å². The predicted molar refractivity (Wildman–Crippen MR) is 90.0 cm³/mol. The predicted octanol–water partition coefficient (Wildman–Crippen LogP) is 5.08. The maximum Gasteiger partial charge on any atom is 0.416 e. The van der Waals surface area contributed by atoms with Crippen LogP contribution in [-0.2, 0) is 12.4 Å². The van der Waals surface area contributed by atoms with E-state index in [2.05, 4.69) is 5.32 Å². The zero-order valence-electron chi connectivity index (χ0n) is 15.7. The number of likely N-dealkylation sites (tertiary alicyclic amines) is 1. The second-order valence-electron chi connectivity index (χ2n) is 7.73. The minimum absolute atomic E-state index is 0.0618. The third kappa shape index (κ3) is 6.20. The Morgan fingerprint density at radius 3 is 1.82 bits per heavy atom. The van der Waals surface area contributed by atoms with Crippen molar-refractivity contribution < 1.29 is 35.9 Å². The molecule has 1 fully saturated rings. The van der Waals surface area contributed by atoms with Crippen LogP contribution in [0.3, 0.4) is 0 Å². The van der Waals surface area contributed by atoms with Gasteiger partial charge in [-0.2, -0.15) is 26.3 Å². The lowest BCUT2D eigenvalue weighted by Gasteiger charge is -2.34. The molecule has 158 valence electrons. The van der Waals surface area contributed by atoms with Gasteiger partial charge in [-0.15, -0.1) is 0 Å². The fourth-order valence-corrected chi connectivity index (χ4v) is 2.76. The van der Waals surface area contributed by atoms with Gasteiger partial charge in [0.25, 0.3) is 0 Å². The van der Waals surface area contributed by atoms with Gasteiger partial charge < -0.3 is 15.0 Å². The van der Waals surface area contributed by atoms with Gasteiger partial charge in [-0.1, -0.05) is 0 Å². The van der Waals surface area contributed by atoms with E-state index in [0.717, 1.165) is 0 Å². The normalized spacial score (nSPS) is 16.8. The van der Waals surface area contributed by atoms with Crippen molar-refractivity contribution in [3.63, 3.8) is 0 Å². The standard InChI is InChI=1S/C18H22F6N2O2/c1-16(2,3)25-15(27)26-6-4-13(5-7-26)28-14-9-11(17(19,20)21)8-12(10-14)18(22,23)24/h8-10,13H,4-7H2,1-3H3,(H,25,27). The third-order valence-corrected chi connectivity index (χ3v) is 4.08. The van der Waals surface area contributed by atoms with E-state index in [0.29, 0.717) is 25.0 Å². The monoisotopic (exact) mass is 412 g/mol. The molecule has 1 aromatic rings. The zero-order chi connectivity index (χ0) is 21.3. The lowest BCUT2D eigenvalue weighted by atomic mass is 10.1. The number of rotatable bonds is 2. The maximum atomic E-state index is 12.9. The summed E-state index contributed by atoms with van der Waals surface area (Å²) in [5, 5.41) is 2.80. The van der Waals surface area contributed by atoms with Crippen molar-refractivity contribution in [2.75, 3.05) is 13.1 Å². The van der Waals surface area contributed by atoms with E-state index in [1.165, 1.54) is 0 Å². The Balaban J connectivity index is 2.07. The molecule has 1 N–H and O–H groups in total. The van der Waals surface area contributed by atoms with Crippen LogP contribution in [0, 0.1) is 0 Å². The topological polar surface area (TPSA) is 41.6 Å². The zero-order valence-corrected chi connectivity index (χ0v) is 15.7. The van der Waals surface area contributed by atoms with E-state index >= 15 is 0 Å². The molecule has 2 rings (SSSR count). The summed E-state index contributed by atoms with van der Waals surface area (Å²) < 4.78 is 82.9. The smallest absolute Gasteiger partial charge is 0.416 e. The number of carbonyl (C=O) groups is 1. The maximum absolute atomic E-state index is 12.9. The molecule has 0 aromatic heterocycles. The Bertz CT molecular complexity index is 669. The van der Waals surface area contributed by atoms with Gasteiger partial charge in [0.2, 0.25) is 0 Å². The summed E-state index contributed by atoms with van der Waals surface area (Å²) in [4.78, 5) is 13.7. The quantitative estimate of drug-likeness (QED) is 0.689. The molecule has 0 spiro atoms. The first-order valence-electron chi connectivity index (χ1n) is 8.68. The molecule has 4 nitrogen and oxygen atoms in total. The van der Waals surface area contributed by atoms with Crippen LogP contribution in [-0.4, -0.2) is 35.7 Å². The minimum Gasteiger partial charge on any atom is -0.490 e. The molecule has 2 amide bonds. The summed E-state index contributed by atoms with van der Waals surface area (Å²) in [7, 11) is 0. The molecule has 1 aliphatic rings. The second kappa shape index (κ2) is 7.71. The van der Waals surface area contributed by atoms with Crippen molar-refractivity contribution in [2.45, 2.75) is 57.6 Å². The van der Waals surface area contributed by atoms with Crippen molar-refractivity contribution in [1.82, 2.24) is 10.2 Å². The Hall–Kier alpha value is -2.13. The number of hydrogen-bond acceptors (Lipinski definition) is 2. The molecule has 0 bridgehead atoms. The summed E-state index contributed by atoms with van der Waals surface area (Å²) >= 11 is 0. The molecule has 1 aliphatic heterocycles. The van der Waals surface area contributed by atoms with Gasteiger partial charge in [0.1, 0.15) is 11.9 Å². The highest BCUT2D eigenvalue weighted by Gasteiger charge is 2.37. The van der Waals surface area contributed by atoms with Crippen molar-refractivity contribution in [1.29, 1.82) is 0 Å². The number of piperidine rings is 1. The number of carbonyl (C=O) groups excluding carboxylic acids is 1. The molecule has 0 saturated carbocycles. The van der Waals surface area contributed by atoms with E-state index in [1.54, 1.807) is 4.90 Å². The molecule has 0 radical (unpaired) electrons. The highest BCUT2D eigenvalue weighted by atomic mass is 19.4. The van der Waals surface area contributed by atoms with Crippen LogP contribution in [0.5, 0.6) is 5.75 Å². The van der Waals surface area contributed by atoms with Crippen molar-refractivity contribution in [2.24, 2.45) is 0 Å². The summed E-state index contributed by atoms with van der Waals surface area (Å²) in [5.41, 5.74) is -3.25. The Morgan fingerprint density at radius 1 is 0.964 bits per heavy atom. The number of hydrogen-bond donors (Lipinski definition) is 1. The average Bonchev–Trinajstić information content (AvgIpc) is 2.52. The van der Waals surface area contributed by atoms with Crippen LogP contribution in [0.15, 0.2) is 18.2 Å². The van der Waals surface area contributed by atoms with Gasteiger partial charge in [0, 0.05) is 31.5 Å². The largest absolute Gasteiger partial charge is 0.490 e. The summed E-state index contributed by atoms with van der Waals surface area (Å²) in [6.45, 7) is 6.06. The van der Waals surface area contributed by atoms with Crippen LogP contribution in [0.2, 0.25) is 0 Å². The molecule has 0 aliphatic carbocycles. The Labute approximate surface area is 158 Å². The molecular formula is C18H22F6N2O2. The first kappa shape index (κ1) is 22.2. The number of ether oxygens (including phenoxy) is 1. The first-order chi connectivity index (χ1) is 12.6. The second-order valence-corrected chi connectivity index (χ2v) is 7.73. The lowest BCUT2D eigenvalue weighted by molar-refractivity contribution is -0.143. The highest BCUT2D eigenvalue weighted by Crippen LogP contribution is 2.38. The Kier molecular flexibility index (Phi) is 6.10. The SMILES string of the molecule is CC(C)(C)NC(=O)N1CCC(Oc2cc(C(F)(F)F)cc(C(F)(F)F)c2)CC1. The van der Waals surface area contributed by atoms with Crippen molar-refractivity contribution in [3.05, 3.63) is 29.3 Å². The average molecular weight is 412 g/mol. The molecular weight excluding hydrogens is 390 g/mol. The fourth-order valence-electron chi connectivity index (χ4n) is 2.76. The molecule has 1 heterocycles. The van der Waals surface area contributed by atoms with Crippen molar-refractivity contribution >= 4 is 6.03 Å². The molecule has 28 heavy (non-hydrogen) atoms. The summed E-state index contributed by atoms with van der Waals surface area (Å²) in [6.07, 6.45) is -9.82. The lowest BCUT2D eigenvalue weighted by Crippen LogP contribution is -2.51. The van der Waals surface area contributed by atoms with Crippen LogP contribution in [0.4, 0.5) is 31.1 Å². The van der Waals surface area contributed by atoms with E-state index < -0.39 is 40.9 Å². The van der Waals surface area contributed by atoms with Gasteiger partial charge in [-0.25, -0.2) is 4.79 Å². The van der Waals surface area contributed by atoms with Crippen LogP contribution >= 0.6 is 0 Å². The highest BCUT2D eigenvalue weighted by molar-refractivity contribution is 5.75. The number of nitrogens with one attached hydrogen (secondary N) is 1. The van der Waals surface area contributed by atoms with Gasteiger partial charge >= 0.3 is 18.4 Å². The molecule has 0 atom stereocenters. The van der Waals surface area contributed by atoms with Gasteiger partial charge in [0.05, 0.1) is 11.1 Å².